The second-order valence-electron chi connectivity index (χ2n) is 11.4. The fraction of sp³-hybridized carbons (Fsp3) is 0.788. The maximum atomic E-state index is 12.7. The predicted octanol–water partition coefficient (Wildman–Crippen LogP) is 4.39. The number of unbranched alkanes of at least 4 members (excludes halogenated alkanes) is 13. The number of hydrogen-bond donors (Lipinski definition) is 0. The van der Waals surface area contributed by atoms with Gasteiger partial charge in [-0.15, -0.1) is 0 Å². The Morgan fingerprint density at radius 1 is 0.902 bits per heavy atom. The van der Waals surface area contributed by atoms with E-state index in [1.807, 2.05) is 35.9 Å². The fourth-order valence-electron chi connectivity index (χ4n) is 5.33. The molecule has 8 heteroatoms. The molecule has 0 spiro atoms. The van der Waals surface area contributed by atoms with Crippen LogP contribution in [0.25, 0.3) is 0 Å². The second kappa shape index (κ2) is 23.8. The van der Waals surface area contributed by atoms with E-state index >= 15 is 0 Å². The van der Waals surface area contributed by atoms with Crippen molar-refractivity contribution < 1.29 is 40.8 Å². The first-order chi connectivity index (χ1) is 19.5. The van der Waals surface area contributed by atoms with Crippen LogP contribution in [0.3, 0.4) is 0 Å². The van der Waals surface area contributed by atoms with Crippen molar-refractivity contribution in [1.82, 2.24) is 4.90 Å². The number of ether oxygens (including phenoxy) is 3. The van der Waals surface area contributed by atoms with Crippen LogP contribution in [0.5, 0.6) is 0 Å². The van der Waals surface area contributed by atoms with Crippen molar-refractivity contribution in [2.24, 2.45) is 5.92 Å². The summed E-state index contributed by atoms with van der Waals surface area (Å²) in [6.07, 6.45) is 21.0. The zero-order valence-electron chi connectivity index (χ0n) is 26.1. The Bertz CT molecular complexity index is 825. The fourth-order valence-corrected chi connectivity index (χ4v) is 5.33. The molecule has 7 nitrogen and oxygen atoms in total. The lowest BCUT2D eigenvalue weighted by molar-refractivity contribution is -0.701. The first-order valence-corrected chi connectivity index (χ1v) is 16.2. The normalized spacial score (nSPS) is 16.4. The summed E-state index contributed by atoms with van der Waals surface area (Å²) in [5.74, 6) is -0.00860. The van der Waals surface area contributed by atoms with Gasteiger partial charge in [0.2, 0.25) is 11.6 Å². The van der Waals surface area contributed by atoms with Crippen LogP contribution in [0.4, 0.5) is 4.79 Å². The van der Waals surface area contributed by atoms with E-state index in [4.69, 9.17) is 14.2 Å². The molecule has 0 aromatic carbocycles. The summed E-state index contributed by atoms with van der Waals surface area (Å²) >= 11 is 0. The van der Waals surface area contributed by atoms with Crippen molar-refractivity contribution >= 4 is 12.0 Å². The summed E-state index contributed by atoms with van der Waals surface area (Å²) < 4.78 is 19.2. The van der Waals surface area contributed by atoms with Crippen LogP contribution in [-0.4, -0.2) is 49.4 Å². The van der Waals surface area contributed by atoms with Crippen LogP contribution in [-0.2, 0) is 32.1 Å². The minimum absolute atomic E-state index is 0. The maximum absolute atomic E-state index is 12.7. The van der Waals surface area contributed by atoms with Crippen molar-refractivity contribution in [3.05, 3.63) is 30.1 Å². The average Bonchev–Trinajstić information content (AvgIpc) is 3.42. The van der Waals surface area contributed by atoms with Crippen molar-refractivity contribution in [3.63, 3.8) is 0 Å². The molecule has 0 bridgehead atoms. The summed E-state index contributed by atoms with van der Waals surface area (Å²) in [6, 6.07) is 5.75. The second-order valence-corrected chi connectivity index (χ2v) is 11.4. The van der Waals surface area contributed by atoms with Gasteiger partial charge in [-0.3, -0.25) is 4.79 Å². The Balaban J connectivity index is 0.00000840. The molecule has 41 heavy (non-hydrogen) atoms. The number of pyridine rings is 1. The van der Waals surface area contributed by atoms with Gasteiger partial charge >= 0.3 is 6.09 Å². The molecule has 236 valence electrons. The lowest BCUT2D eigenvalue weighted by atomic mass is 10.0. The molecule has 1 aromatic rings. The number of carbonyl (C=O) groups excluding carboxylic acids is 2. The van der Waals surface area contributed by atoms with Gasteiger partial charge in [0.1, 0.15) is 19.7 Å². The Morgan fingerprint density at radius 2 is 1.51 bits per heavy atom. The van der Waals surface area contributed by atoms with Gasteiger partial charge in [-0.2, -0.15) is 0 Å². The van der Waals surface area contributed by atoms with E-state index in [9.17, 15) is 9.59 Å². The number of imide groups is 1. The Kier molecular flexibility index (Phi) is 21.7. The van der Waals surface area contributed by atoms with Crippen LogP contribution >= 0.6 is 0 Å². The molecule has 1 aliphatic heterocycles. The highest BCUT2D eigenvalue weighted by Crippen LogP contribution is 2.21. The number of hydrogen-bond acceptors (Lipinski definition) is 5. The number of carbonyl (C=O) groups is 2. The van der Waals surface area contributed by atoms with E-state index in [0.717, 1.165) is 36.6 Å². The molecule has 1 fully saturated rings. The SMILES string of the molecule is CCCCCCCCCCCCCCCCOC[C@@H]1CO[C@@H](COC(=O)N(Cc2cccc[n+]2CC)C(C)=O)C1.[Cl-]. The van der Waals surface area contributed by atoms with Crippen molar-refractivity contribution in [3.8, 4) is 0 Å². The van der Waals surface area contributed by atoms with Gasteiger partial charge in [-0.1, -0.05) is 96.5 Å². The molecule has 0 N–H and O–H groups in total. The van der Waals surface area contributed by atoms with Crippen LogP contribution in [0.15, 0.2) is 24.4 Å². The summed E-state index contributed by atoms with van der Waals surface area (Å²) in [6.45, 7) is 8.90. The third-order valence-electron chi connectivity index (χ3n) is 7.85. The van der Waals surface area contributed by atoms with Crippen LogP contribution in [0.2, 0.25) is 0 Å². The topological polar surface area (TPSA) is 69.0 Å². The van der Waals surface area contributed by atoms with Gasteiger partial charge in [0.15, 0.2) is 6.20 Å². The monoisotopic (exact) mass is 596 g/mol. The molecule has 0 saturated carbocycles. The number of aromatic nitrogens is 1. The molecular weight excluding hydrogens is 540 g/mol. The molecule has 2 heterocycles. The highest BCUT2D eigenvalue weighted by Gasteiger charge is 2.29. The molecule has 1 saturated heterocycles. The molecule has 2 atom stereocenters. The van der Waals surface area contributed by atoms with Gasteiger partial charge < -0.3 is 26.6 Å². The van der Waals surface area contributed by atoms with Gasteiger partial charge in [0.05, 0.1) is 19.3 Å². The van der Waals surface area contributed by atoms with Gasteiger partial charge in [-0.05, 0) is 19.8 Å². The van der Waals surface area contributed by atoms with E-state index in [2.05, 4.69) is 6.92 Å². The summed E-state index contributed by atoms with van der Waals surface area (Å²) in [5.41, 5.74) is 0.880. The zero-order valence-corrected chi connectivity index (χ0v) is 26.9. The minimum atomic E-state index is -0.625. The lowest BCUT2D eigenvalue weighted by Gasteiger charge is -2.19. The molecule has 1 aliphatic rings. The number of rotatable bonds is 22. The third-order valence-corrected chi connectivity index (χ3v) is 7.85. The van der Waals surface area contributed by atoms with Crippen LogP contribution < -0.4 is 17.0 Å². The number of aryl methyl sites for hydroxylation is 1. The lowest BCUT2D eigenvalue weighted by Crippen LogP contribution is -3.00. The molecule has 0 radical (unpaired) electrons. The van der Waals surface area contributed by atoms with Gasteiger partial charge in [0, 0.05) is 31.6 Å². The Hall–Kier alpha value is -1.70. The minimum Gasteiger partial charge on any atom is -1.00 e. The van der Waals surface area contributed by atoms with Gasteiger partial charge in [0.25, 0.3) is 0 Å². The van der Waals surface area contributed by atoms with Crippen molar-refractivity contribution in [2.45, 2.75) is 136 Å². The average molecular weight is 597 g/mol. The number of amides is 2. The van der Waals surface area contributed by atoms with E-state index < -0.39 is 6.09 Å². The maximum Gasteiger partial charge on any atom is 0.417 e. The third kappa shape index (κ3) is 16.5. The highest BCUT2D eigenvalue weighted by atomic mass is 35.5. The van der Waals surface area contributed by atoms with E-state index in [0.29, 0.717) is 19.1 Å². The molecular formula is C33H57ClN2O5. The van der Waals surface area contributed by atoms with E-state index in [1.165, 1.54) is 90.4 Å². The number of nitrogens with zero attached hydrogens (tertiary/aromatic N) is 2. The quantitative estimate of drug-likeness (QED) is 0.147. The highest BCUT2D eigenvalue weighted by molar-refractivity contribution is 5.90. The Morgan fingerprint density at radius 3 is 2.10 bits per heavy atom. The first kappa shape index (κ1) is 37.3. The number of halogens is 1. The molecule has 2 amide bonds. The van der Waals surface area contributed by atoms with Crippen LogP contribution in [0, 0.1) is 5.92 Å². The summed E-state index contributed by atoms with van der Waals surface area (Å²) in [4.78, 5) is 25.9. The molecule has 2 rings (SSSR count). The predicted molar refractivity (Wildman–Crippen MR) is 159 cm³/mol. The standard InChI is InChI=1S/C33H57N2O5.ClH/c1-4-6-7-8-9-10-11-12-13-14-15-16-17-20-23-38-26-30-24-32(39-27-30)28-40-33(37)35(29(3)36)25-31-21-18-19-22-34(31)5-2;/h18-19,21-22,30,32H,4-17,20,23-28H2,1-3H3;1H/q+1;/p-1/t30-,32-;/m1./s1. The molecule has 1 aromatic heterocycles. The van der Waals surface area contributed by atoms with Crippen molar-refractivity contribution in [2.75, 3.05) is 26.4 Å². The molecule has 0 aliphatic carbocycles. The largest absolute Gasteiger partial charge is 1.00 e. The Labute approximate surface area is 256 Å². The van der Waals surface area contributed by atoms with E-state index in [-0.39, 0.29) is 37.6 Å². The first-order valence-electron chi connectivity index (χ1n) is 16.2. The zero-order chi connectivity index (χ0) is 28.8. The van der Waals surface area contributed by atoms with Gasteiger partial charge in [-0.25, -0.2) is 14.3 Å². The van der Waals surface area contributed by atoms with Crippen molar-refractivity contribution in [1.29, 1.82) is 0 Å². The van der Waals surface area contributed by atoms with E-state index in [1.54, 1.807) is 0 Å². The van der Waals surface area contributed by atoms with Crippen LogP contribution in [0.1, 0.15) is 123 Å². The summed E-state index contributed by atoms with van der Waals surface area (Å²) in [5, 5.41) is 0. The summed E-state index contributed by atoms with van der Waals surface area (Å²) in [7, 11) is 0. The smallest absolute Gasteiger partial charge is 0.417 e. The molecule has 0 unspecified atom stereocenters.